The van der Waals surface area contributed by atoms with Gasteiger partial charge >= 0.3 is 23.9 Å². The van der Waals surface area contributed by atoms with Gasteiger partial charge in [-0.25, -0.2) is 62.2 Å². The third-order valence-electron chi connectivity index (χ3n) is 22.8. The number of nitriles is 1. The fourth-order valence-electron chi connectivity index (χ4n) is 15.7. The summed E-state index contributed by atoms with van der Waals surface area (Å²) in [5.74, 6) is -4.25. The van der Waals surface area contributed by atoms with E-state index in [4.69, 9.17) is 43.8 Å². The van der Waals surface area contributed by atoms with E-state index in [2.05, 4.69) is 29.6 Å². The lowest BCUT2D eigenvalue weighted by Gasteiger charge is -2.16. The summed E-state index contributed by atoms with van der Waals surface area (Å²) in [6.07, 6.45) is 20.5. The number of carbonyl (C=O) groups is 4. The van der Waals surface area contributed by atoms with Crippen molar-refractivity contribution >= 4 is 121 Å². The molecule has 19 rings (SSSR count). The average Bonchev–Trinajstić information content (AvgIpc) is 1.75. The van der Waals surface area contributed by atoms with Crippen LogP contribution in [0.2, 0.25) is 15.1 Å². The maximum atomic E-state index is 13.8. The van der Waals surface area contributed by atoms with Gasteiger partial charge in [-0.2, -0.15) is 5.26 Å². The lowest BCUT2D eigenvalue weighted by molar-refractivity contribution is 0.0685. The molecule has 0 bridgehead atoms. The number of halogens is 3. The highest BCUT2D eigenvalue weighted by molar-refractivity contribution is 7.91. The van der Waals surface area contributed by atoms with Crippen LogP contribution >= 0.6 is 57.7 Å². The van der Waals surface area contributed by atoms with Crippen LogP contribution in [0, 0.1) is 25.2 Å². The van der Waals surface area contributed by atoms with Crippen LogP contribution in [0.5, 0.6) is 0 Å². The van der Waals surface area contributed by atoms with Gasteiger partial charge in [0, 0.05) is 97.2 Å². The van der Waals surface area contributed by atoms with E-state index in [1.165, 1.54) is 83.7 Å². The predicted molar refractivity (Wildman–Crippen MR) is 499 cm³/mol. The summed E-state index contributed by atoms with van der Waals surface area (Å²) in [7, 11) is -15.5. The number of rotatable bonds is 27. The van der Waals surface area contributed by atoms with Crippen molar-refractivity contribution in [3.63, 3.8) is 0 Å². The third-order valence-corrected chi connectivity index (χ3v) is 32.2. The Morgan fingerprint density at radius 2 is 0.833 bits per heavy atom. The molecular weight excluding hydrogens is 1860 g/mol. The van der Waals surface area contributed by atoms with E-state index in [-0.39, 0.29) is 93.4 Å². The van der Waals surface area contributed by atoms with E-state index in [0.717, 1.165) is 73.1 Å². The highest BCUT2D eigenvalue weighted by Gasteiger charge is 2.38. The largest absolute Gasteiger partial charge is 0.478 e. The van der Waals surface area contributed by atoms with Crippen molar-refractivity contribution in [1.82, 2.24) is 34.2 Å². The van der Waals surface area contributed by atoms with Gasteiger partial charge in [-0.3, -0.25) is 9.97 Å². The first kappa shape index (κ1) is 92.3. The normalized spacial score (nSPS) is 13.7. The Labute approximate surface area is 781 Å². The second-order valence-corrected chi connectivity index (χ2v) is 42.9. The number of aryl methyl sites for hydroxylation is 2. The maximum Gasteiger partial charge on any atom is 0.335 e. The van der Waals surface area contributed by atoms with Gasteiger partial charge in [0.25, 0.3) is 0 Å². The Kier molecular flexibility index (Phi) is 26.9. The van der Waals surface area contributed by atoms with E-state index in [1.54, 1.807) is 129 Å². The number of carboxylic acid groups (broad SMARTS) is 4. The van der Waals surface area contributed by atoms with Gasteiger partial charge in [0.05, 0.1) is 104 Å². The summed E-state index contributed by atoms with van der Waals surface area (Å²) in [4.78, 5) is 60.2. The van der Waals surface area contributed by atoms with Crippen LogP contribution < -0.4 is 0 Å². The molecule has 35 heteroatoms. The summed E-state index contributed by atoms with van der Waals surface area (Å²) in [6, 6.07) is 51.4. The fraction of sp³-hybridized carbons (Fsp3) is 0.186. The van der Waals surface area contributed by atoms with Crippen LogP contribution in [0.3, 0.4) is 0 Å². The summed E-state index contributed by atoms with van der Waals surface area (Å²) < 4.78 is 126. The molecule has 8 aromatic carbocycles. The van der Waals surface area contributed by atoms with E-state index in [0.29, 0.717) is 116 Å². The molecule has 0 atom stereocenters. The number of hydrogen-bond acceptors (Lipinski definition) is 23. The van der Waals surface area contributed by atoms with Crippen LogP contribution in [-0.2, 0) is 62.4 Å². The molecule has 132 heavy (non-hydrogen) atoms. The standard InChI is InChI=1S/C26H21ClN2O5S.C25H19ClN2O4S2.C25H22N2O5S.C21H15ClN2O4S2/c1-15-22(13-29-34-15)21-10-18(20(12-23(21)27)24-4-2-3-9-28-24)14-35(32,33)25-11-17(26(30)31)7-8-19(25)16-5-6-16;26-21-13-19(22-3-1-2-9-27-22)17(11-20(21)23-8-10-28-33-23)14-34(31,32)24-12-16(25(29)30)6-7-18(24)15-4-5-15;1-16-22(14-26-32-16)18-7-9-23(27-10-2-3-11-27)20(12-18)15-33(30,31)24-13-19(25(28)29)6-8-21(24)17-4-5-17;22-18-9-17(20-24-5-6-29-20)15(7-14(18)10-23)11-30(27,28)19-8-13(21(25)26)3-4-16(19)12-1-2-12/h2-4,7-13,16H,5-6,14H2,1H3,(H,30,31);1-3,6-13,15H,4-5,14H2,(H,29,30);2-3,6-14,17H,4-5,15H2,1H3,(H,28,29);3-9,12H,1-2,11H2,(H,25,26). The molecule has 0 unspecified atom stereocenters. The molecule has 0 aliphatic heterocycles. The number of carboxylic acids is 4. The minimum atomic E-state index is -3.92. The lowest BCUT2D eigenvalue weighted by Crippen LogP contribution is -2.12. The van der Waals surface area contributed by atoms with Crippen molar-refractivity contribution in [3.05, 3.63) is 336 Å². The second-order valence-electron chi connectivity index (χ2n) is 32.1. The van der Waals surface area contributed by atoms with Crippen molar-refractivity contribution in [3.8, 4) is 77.5 Å². The molecule has 0 amide bonds. The molecule has 0 spiro atoms. The predicted octanol–water partition coefficient (Wildman–Crippen LogP) is 21.9. The highest BCUT2D eigenvalue weighted by atomic mass is 35.5. The molecule has 4 saturated carbocycles. The van der Waals surface area contributed by atoms with Crippen molar-refractivity contribution in [2.75, 3.05) is 0 Å². The molecule has 670 valence electrons. The van der Waals surface area contributed by atoms with E-state index in [1.807, 2.05) is 71.6 Å². The molecular formula is C97H77Cl3N8O18S6. The Bertz CT molecular complexity index is 7550. The number of aromatic carboxylic acids is 4. The van der Waals surface area contributed by atoms with Gasteiger partial charge in [0.15, 0.2) is 39.3 Å². The molecule has 4 aliphatic rings. The summed E-state index contributed by atoms with van der Waals surface area (Å²) in [5, 5.41) is 58.1. The van der Waals surface area contributed by atoms with Gasteiger partial charge in [-0.15, -0.1) is 11.3 Å². The van der Waals surface area contributed by atoms with E-state index in [9.17, 15) is 78.5 Å². The minimum Gasteiger partial charge on any atom is -0.478 e. The van der Waals surface area contributed by atoms with Gasteiger partial charge in [0.2, 0.25) is 0 Å². The zero-order valence-electron chi connectivity index (χ0n) is 70.0. The number of thiazole rings is 1. The molecule has 15 aromatic rings. The first-order valence-electron chi connectivity index (χ1n) is 41.2. The van der Waals surface area contributed by atoms with Crippen LogP contribution in [-0.4, -0.2) is 112 Å². The number of aromatic nitrogens is 7. The number of hydrogen-bond donors (Lipinski definition) is 4. The molecule has 4 aliphatic carbocycles. The van der Waals surface area contributed by atoms with Crippen molar-refractivity contribution < 1.29 is 82.3 Å². The quantitative estimate of drug-likeness (QED) is 0.0371. The van der Waals surface area contributed by atoms with Crippen molar-refractivity contribution in [2.45, 2.75) is 131 Å². The van der Waals surface area contributed by atoms with Crippen molar-refractivity contribution in [2.24, 2.45) is 0 Å². The number of benzene rings is 8. The van der Waals surface area contributed by atoms with Crippen LogP contribution in [0.4, 0.5) is 0 Å². The smallest absolute Gasteiger partial charge is 0.335 e. The molecule has 7 aromatic heterocycles. The zero-order valence-corrected chi connectivity index (χ0v) is 77.1. The first-order chi connectivity index (χ1) is 63.2. The van der Waals surface area contributed by atoms with Gasteiger partial charge in [-0.05, 0) is 290 Å². The van der Waals surface area contributed by atoms with E-state index < -0.39 is 69.0 Å². The molecule has 7 heterocycles. The third kappa shape index (κ3) is 20.8. The summed E-state index contributed by atoms with van der Waals surface area (Å²) in [5.41, 5.74) is 11.9. The second kappa shape index (κ2) is 38.5. The van der Waals surface area contributed by atoms with Gasteiger partial charge in [0.1, 0.15) is 22.6 Å². The van der Waals surface area contributed by atoms with Gasteiger partial charge in [-0.1, -0.05) is 87.6 Å². The van der Waals surface area contributed by atoms with E-state index >= 15 is 0 Å². The maximum absolute atomic E-state index is 13.8. The summed E-state index contributed by atoms with van der Waals surface area (Å²) in [6.45, 7) is 3.55. The average molecular weight is 1940 g/mol. The Morgan fingerprint density at radius 1 is 0.424 bits per heavy atom. The summed E-state index contributed by atoms with van der Waals surface area (Å²) >= 11 is 22.0. The molecule has 0 saturated heterocycles. The molecule has 4 fully saturated rings. The number of nitrogens with zero attached hydrogens (tertiary/aromatic N) is 8. The highest BCUT2D eigenvalue weighted by Crippen LogP contribution is 2.50. The fourth-order valence-corrected chi connectivity index (χ4v) is 24.6. The Morgan fingerprint density at radius 3 is 1.20 bits per heavy atom. The lowest BCUT2D eigenvalue weighted by atomic mass is 9.98. The Balaban J connectivity index is 0.000000129. The van der Waals surface area contributed by atoms with Gasteiger partial charge < -0.3 is 34.0 Å². The SMILES string of the molecule is Cc1oncc1-c1cc(CS(=O)(=O)c2cc(C(=O)O)ccc2C2CC2)c(-c2ccccn2)cc1Cl.Cc1oncc1-c1ccc(-n2cccc2)c(CS(=O)(=O)c2cc(C(=O)O)ccc2C2CC2)c1.N#Cc1cc(CS(=O)(=O)c2cc(C(=O)O)ccc2C2CC2)c(-c2nccs2)cc1Cl.O=C(O)c1ccc(C2CC2)c(S(=O)(=O)Cc2cc(-c3ccns3)c(Cl)cc2-c2ccccn2)c1. The molecule has 26 nitrogen and oxygen atoms in total. The van der Waals surface area contributed by atoms with Crippen LogP contribution in [0.1, 0.15) is 178 Å². The Hall–Kier alpha value is -12.9. The first-order valence-corrected chi connectivity index (χ1v) is 50.6. The molecule has 0 radical (unpaired) electrons. The van der Waals surface area contributed by atoms with Crippen LogP contribution in [0.15, 0.2) is 266 Å². The minimum absolute atomic E-state index is 0.0301. The monoisotopic (exact) mass is 1940 g/mol. The number of sulfone groups is 4. The van der Waals surface area contributed by atoms with Crippen molar-refractivity contribution in [1.29, 1.82) is 5.26 Å². The topological polar surface area (TPSA) is 418 Å². The number of pyridine rings is 2. The molecule has 4 N–H and O–H groups in total. The van der Waals surface area contributed by atoms with Crippen LogP contribution in [0.25, 0.3) is 71.5 Å². The zero-order chi connectivity index (χ0) is 93.2.